The number of hydrogen-bond donors (Lipinski definition) is 2. The molecule has 0 spiro atoms. The van der Waals surface area contributed by atoms with Gasteiger partial charge in [0.05, 0.1) is 12.1 Å². The van der Waals surface area contributed by atoms with Crippen molar-refractivity contribution in [3.8, 4) is 0 Å². The minimum Gasteiger partial charge on any atom is -0.389 e. The van der Waals surface area contributed by atoms with E-state index in [1.165, 1.54) is 11.8 Å². The second-order valence-electron chi connectivity index (χ2n) is 6.66. The molecular weight excluding hydrogens is 274 g/mol. The Morgan fingerprint density at radius 2 is 1.95 bits per heavy atom. The van der Waals surface area contributed by atoms with Gasteiger partial charge in [-0.2, -0.15) is 0 Å². The smallest absolute Gasteiger partial charge is 0.209 e. The lowest BCUT2D eigenvalue weighted by molar-refractivity contribution is 0.0375. The van der Waals surface area contributed by atoms with Gasteiger partial charge in [-0.1, -0.05) is 25.6 Å². The summed E-state index contributed by atoms with van der Waals surface area (Å²) in [5.41, 5.74) is -0.631. The highest BCUT2D eigenvalue weighted by Gasteiger charge is 2.26. The monoisotopic (exact) mass is 301 g/mol. The second kappa shape index (κ2) is 6.87. The number of rotatable bonds is 7. The van der Waals surface area contributed by atoms with E-state index in [0.29, 0.717) is 5.75 Å². The van der Waals surface area contributed by atoms with E-state index in [4.69, 9.17) is 0 Å². The number of aliphatic hydroxyl groups is 1. The highest BCUT2D eigenvalue weighted by atomic mass is 32.2. The minimum atomic E-state index is -0.717. The molecule has 0 fully saturated rings. The molecule has 6 nitrogen and oxygen atoms in total. The molecule has 0 aliphatic rings. The molecule has 0 bridgehead atoms. The zero-order chi connectivity index (χ0) is 15.4. The number of nitrogens with one attached hydrogen (secondary N) is 1. The van der Waals surface area contributed by atoms with Crippen LogP contribution in [0.25, 0.3) is 0 Å². The molecule has 0 saturated carbocycles. The molecule has 1 aromatic heterocycles. The zero-order valence-electron chi connectivity index (χ0n) is 13.3. The van der Waals surface area contributed by atoms with Crippen LogP contribution >= 0.6 is 11.8 Å². The van der Waals surface area contributed by atoms with Gasteiger partial charge < -0.3 is 10.4 Å². The van der Waals surface area contributed by atoms with Gasteiger partial charge in [-0.05, 0) is 44.0 Å². The number of nitrogens with zero attached hydrogens (tertiary/aromatic N) is 4. The average molecular weight is 301 g/mol. The van der Waals surface area contributed by atoms with Gasteiger partial charge in [-0.15, -0.1) is 5.10 Å². The first-order valence-corrected chi connectivity index (χ1v) is 7.97. The molecule has 0 amide bonds. The summed E-state index contributed by atoms with van der Waals surface area (Å²) in [6.45, 7) is 13.8. The molecule has 0 radical (unpaired) electrons. The summed E-state index contributed by atoms with van der Waals surface area (Å²) in [4.78, 5) is 0. The molecule has 1 unspecified atom stereocenters. The van der Waals surface area contributed by atoms with Crippen LogP contribution in [0.4, 0.5) is 0 Å². The molecule has 0 aromatic carbocycles. The number of thioether (sulfide) groups is 1. The first-order valence-electron chi connectivity index (χ1n) is 6.98. The molecule has 7 heteroatoms. The van der Waals surface area contributed by atoms with E-state index in [1.54, 1.807) is 4.68 Å². The highest BCUT2D eigenvalue weighted by Crippen LogP contribution is 2.25. The maximum Gasteiger partial charge on any atom is 0.209 e. The molecule has 1 aromatic rings. The van der Waals surface area contributed by atoms with Crippen LogP contribution in [0.5, 0.6) is 0 Å². The SMILES string of the molecule is CC(C)C(C)(O)CSc1nnnn1CCNC(C)(C)C. The van der Waals surface area contributed by atoms with Gasteiger partial charge in [-0.3, -0.25) is 0 Å². The predicted molar refractivity (Wildman–Crippen MR) is 81.8 cm³/mol. The van der Waals surface area contributed by atoms with Crippen molar-refractivity contribution >= 4 is 11.8 Å². The van der Waals surface area contributed by atoms with Crippen molar-refractivity contribution in [1.29, 1.82) is 0 Å². The van der Waals surface area contributed by atoms with Crippen molar-refractivity contribution < 1.29 is 5.11 Å². The van der Waals surface area contributed by atoms with Crippen molar-refractivity contribution in [3.05, 3.63) is 0 Å². The molecule has 20 heavy (non-hydrogen) atoms. The lowest BCUT2D eigenvalue weighted by Crippen LogP contribution is -2.38. The Labute approximate surface area is 125 Å². The Kier molecular flexibility index (Phi) is 5.97. The largest absolute Gasteiger partial charge is 0.389 e. The Hall–Kier alpha value is -0.660. The van der Waals surface area contributed by atoms with Crippen LogP contribution in [0.2, 0.25) is 0 Å². The Morgan fingerprint density at radius 3 is 2.50 bits per heavy atom. The predicted octanol–water partition coefficient (Wildman–Crippen LogP) is 1.56. The fraction of sp³-hybridized carbons (Fsp3) is 0.923. The van der Waals surface area contributed by atoms with Crippen LogP contribution in [0, 0.1) is 5.92 Å². The Morgan fingerprint density at radius 1 is 1.30 bits per heavy atom. The third-order valence-corrected chi connectivity index (χ3v) is 4.49. The van der Waals surface area contributed by atoms with Crippen LogP contribution in [0.15, 0.2) is 5.16 Å². The van der Waals surface area contributed by atoms with E-state index in [0.717, 1.165) is 18.2 Å². The van der Waals surface area contributed by atoms with Gasteiger partial charge in [0.2, 0.25) is 5.16 Å². The fourth-order valence-corrected chi connectivity index (χ4v) is 2.48. The summed E-state index contributed by atoms with van der Waals surface area (Å²) in [6, 6.07) is 0. The first-order chi connectivity index (χ1) is 9.12. The Bertz CT molecular complexity index is 411. The van der Waals surface area contributed by atoms with Crippen molar-refractivity contribution in [1.82, 2.24) is 25.5 Å². The van der Waals surface area contributed by atoms with Gasteiger partial charge >= 0.3 is 0 Å². The second-order valence-corrected chi connectivity index (χ2v) is 7.60. The molecular formula is C13H27N5OS. The molecule has 116 valence electrons. The van der Waals surface area contributed by atoms with E-state index in [9.17, 15) is 5.11 Å². The summed E-state index contributed by atoms with van der Waals surface area (Å²) < 4.78 is 1.78. The standard InChI is InChI=1S/C13H27N5OS/c1-10(2)13(6,19)9-20-11-15-16-17-18(11)8-7-14-12(3,4)5/h10,14,19H,7-9H2,1-6H3. The van der Waals surface area contributed by atoms with Gasteiger partial charge in [0.1, 0.15) is 0 Å². The van der Waals surface area contributed by atoms with Gasteiger partial charge in [0.25, 0.3) is 0 Å². The van der Waals surface area contributed by atoms with Crippen molar-refractivity contribution in [2.24, 2.45) is 5.92 Å². The third-order valence-electron chi connectivity index (χ3n) is 3.22. The average Bonchev–Trinajstić information content (AvgIpc) is 2.72. The quantitative estimate of drug-likeness (QED) is 0.744. The van der Waals surface area contributed by atoms with E-state index in [1.807, 2.05) is 20.8 Å². The molecule has 1 rings (SSSR count). The summed E-state index contributed by atoms with van der Waals surface area (Å²) in [5.74, 6) is 0.777. The Balaban J connectivity index is 2.51. The fourth-order valence-electron chi connectivity index (χ4n) is 1.35. The van der Waals surface area contributed by atoms with E-state index < -0.39 is 5.60 Å². The number of aromatic nitrogens is 4. The van der Waals surface area contributed by atoms with Gasteiger partial charge in [0, 0.05) is 17.8 Å². The maximum atomic E-state index is 10.3. The van der Waals surface area contributed by atoms with Crippen LogP contribution in [0.3, 0.4) is 0 Å². The van der Waals surface area contributed by atoms with Crippen LogP contribution in [-0.2, 0) is 6.54 Å². The molecule has 0 saturated heterocycles. The molecule has 1 atom stereocenters. The maximum absolute atomic E-state index is 10.3. The first kappa shape index (κ1) is 17.4. The lowest BCUT2D eigenvalue weighted by Gasteiger charge is -2.26. The molecule has 0 aliphatic carbocycles. The molecule has 2 N–H and O–H groups in total. The number of hydrogen-bond acceptors (Lipinski definition) is 6. The van der Waals surface area contributed by atoms with E-state index >= 15 is 0 Å². The van der Waals surface area contributed by atoms with Crippen molar-refractivity contribution in [2.75, 3.05) is 12.3 Å². The van der Waals surface area contributed by atoms with E-state index in [2.05, 4.69) is 41.6 Å². The summed E-state index contributed by atoms with van der Waals surface area (Å²) in [7, 11) is 0. The third kappa shape index (κ3) is 5.76. The summed E-state index contributed by atoms with van der Waals surface area (Å²) >= 11 is 1.50. The van der Waals surface area contributed by atoms with Gasteiger partial charge in [0.15, 0.2) is 0 Å². The normalized spacial score (nSPS) is 15.6. The zero-order valence-corrected chi connectivity index (χ0v) is 14.2. The van der Waals surface area contributed by atoms with Gasteiger partial charge in [-0.25, -0.2) is 4.68 Å². The molecule has 0 aliphatic heterocycles. The lowest BCUT2D eigenvalue weighted by atomic mass is 9.95. The van der Waals surface area contributed by atoms with Crippen LogP contribution in [-0.4, -0.2) is 48.8 Å². The van der Waals surface area contributed by atoms with E-state index in [-0.39, 0.29) is 11.5 Å². The highest BCUT2D eigenvalue weighted by molar-refractivity contribution is 7.99. The summed E-state index contributed by atoms with van der Waals surface area (Å²) in [5, 5.41) is 26.1. The van der Waals surface area contributed by atoms with Crippen LogP contribution in [0.1, 0.15) is 41.5 Å². The van der Waals surface area contributed by atoms with Crippen LogP contribution < -0.4 is 5.32 Å². The molecule has 1 heterocycles. The number of tetrazole rings is 1. The van der Waals surface area contributed by atoms with Crippen molar-refractivity contribution in [3.63, 3.8) is 0 Å². The van der Waals surface area contributed by atoms with Crippen molar-refractivity contribution in [2.45, 2.75) is 64.4 Å². The topological polar surface area (TPSA) is 75.9 Å². The summed E-state index contributed by atoms with van der Waals surface area (Å²) in [6.07, 6.45) is 0. The minimum absolute atomic E-state index is 0.0859.